The molecule has 2 aliphatic rings. The lowest BCUT2D eigenvalue weighted by molar-refractivity contribution is 0.0294. The normalized spacial score (nSPS) is 20.6. The molecule has 2 aromatic rings. The van der Waals surface area contributed by atoms with Crippen LogP contribution >= 0.6 is 0 Å². The molecular weight excluding hydrogens is 310 g/mol. The van der Waals surface area contributed by atoms with E-state index in [1.54, 1.807) is 12.4 Å². The second-order valence-electron chi connectivity index (χ2n) is 7.12. The molecule has 0 atom stereocenters. The number of benzene rings is 1. The van der Waals surface area contributed by atoms with Crippen LogP contribution in [-0.4, -0.2) is 46.9 Å². The number of carbonyl (C=O) groups excluding carboxylic acids is 1. The predicted molar refractivity (Wildman–Crippen MR) is 98.3 cm³/mol. The molecule has 4 rings (SSSR count). The summed E-state index contributed by atoms with van der Waals surface area (Å²) >= 11 is 0. The molecule has 1 aromatic heterocycles. The largest absolute Gasteiger partial charge is 0.338 e. The maximum absolute atomic E-state index is 12.8. The Morgan fingerprint density at radius 2 is 1.52 bits per heavy atom. The van der Waals surface area contributed by atoms with E-state index in [1.165, 1.54) is 31.5 Å². The molecule has 2 saturated heterocycles. The van der Waals surface area contributed by atoms with Gasteiger partial charge in [0.25, 0.3) is 5.91 Å². The molecule has 1 amide bonds. The van der Waals surface area contributed by atoms with Crippen molar-refractivity contribution in [3.05, 3.63) is 66.0 Å². The Morgan fingerprint density at radius 1 is 0.880 bits per heavy atom. The van der Waals surface area contributed by atoms with Crippen LogP contribution in [0.1, 0.15) is 41.6 Å². The van der Waals surface area contributed by atoms with E-state index in [2.05, 4.69) is 40.2 Å². The molecule has 0 aliphatic carbocycles. The predicted octanol–water partition coefficient (Wildman–Crippen LogP) is 3.31. The minimum absolute atomic E-state index is 0.0901. The zero-order valence-corrected chi connectivity index (χ0v) is 14.6. The lowest BCUT2D eigenvalue weighted by Crippen LogP contribution is -2.53. The quantitative estimate of drug-likeness (QED) is 0.863. The summed E-state index contributed by atoms with van der Waals surface area (Å²) in [6, 6.07) is 14.5. The van der Waals surface area contributed by atoms with Gasteiger partial charge < -0.3 is 4.90 Å². The van der Waals surface area contributed by atoms with Crippen LogP contribution in [-0.2, 0) is 5.54 Å². The zero-order valence-electron chi connectivity index (χ0n) is 14.6. The van der Waals surface area contributed by atoms with Crippen molar-refractivity contribution < 1.29 is 4.79 Å². The van der Waals surface area contributed by atoms with Crippen molar-refractivity contribution in [2.45, 2.75) is 31.2 Å². The summed E-state index contributed by atoms with van der Waals surface area (Å²) in [5.41, 5.74) is 2.24. The van der Waals surface area contributed by atoms with E-state index in [4.69, 9.17) is 0 Å². The van der Waals surface area contributed by atoms with E-state index in [0.717, 1.165) is 31.5 Å². The molecule has 2 aliphatic heterocycles. The summed E-state index contributed by atoms with van der Waals surface area (Å²) < 4.78 is 0. The molecular formula is C21H25N3O. The van der Waals surface area contributed by atoms with E-state index < -0.39 is 0 Å². The van der Waals surface area contributed by atoms with Gasteiger partial charge >= 0.3 is 0 Å². The number of hydrogen-bond acceptors (Lipinski definition) is 3. The van der Waals surface area contributed by atoms with Crippen molar-refractivity contribution in [2.75, 3.05) is 26.2 Å². The highest BCUT2D eigenvalue weighted by atomic mass is 16.2. The Balaban J connectivity index is 1.55. The van der Waals surface area contributed by atoms with Gasteiger partial charge in [-0.1, -0.05) is 30.3 Å². The summed E-state index contributed by atoms with van der Waals surface area (Å²) in [7, 11) is 0. The molecule has 0 radical (unpaired) electrons. The first-order valence-electron chi connectivity index (χ1n) is 9.29. The molecule has 4 nitrogen and oxygen atoms in total. The molecule has 130 valence electrons. The third kappa shape index (κ3) is 3.07. The minimum atomic E-state index is 0.0901. The average Bonchev–Trinajstić information content (AvgIpc) is 3.24. The molecule has 0 N–H and O–H groups in total. The highest BCUT2D eigenvalue weighted by molar-refractivity contribution is 5.94. The number of aromatic nitrogens is 1. The lowest BCUT2D eigenvalue weighted by Gasteiger charge is -2.48. The number of pyridine rings is 1. The van der Waals surface area contributed by atoms with Crippen LogP contribution in [0.15, 0.2) is 54.9 Å². The number of hydrogen-bond donors (Lipinski definition) is 0. The first-order valence-corrected chi connectivity index (χ1v) is 9.29. The van der Waals surface area contributed by atoms with Crippen molar-refractivity contribution in [2.24, 2.45) is 0 Å². The standard InChI is InChI=1S/C21H25N3O/c25-20(18-8-12-22-13-9-18)23-16-10-21(11-17-23,24-14-4-5-15-24)19-6-2-1-3-7-19/h1-3,6-9,12-13H,4-5,10-11,14-17H2. The highest BCUT2D eigenvalue weighted by Crippen LogP contribution is 2.41. The van der Waals surface area contributed by atoms with E-state index in [9.17, 15) is 4.79 Å². The van der Waals surface area contributed by atoms with E-state index in [1.807, 2.05) is 17.0 Å². The van der Waals surface area contributed by atoms with Crippen LogP contribution in [0.4, 0.5) is 0 Å². The third-order valence-electron chi connectivity index (χ3n) is 5.83. The monoisotopic (exact) mass is 335 g/mol. The maximum Gasteiger partial charge on any atom is 0.253 e. The molecule has 0 saturated carbocycles. The molecule has 2 fully saturated rings. The number of nitrogens with zero attached hydrogens (tertiary/aromatic N) is 3. The smallest absolute Gasteiger partial charge is 0.253 e. The third-order valence-corrected chi connectivity index (χ3v) is 5.83. The van der Waals surface area contributed by atoms with Gasteiger partial charge in [0.15, 0.2) is 0 Å². The van der Waals surface area contributed by atoms with Crippen molar-refractivity contribution >= 4 is 5.91 Å². The van der Waals surface area contributed by atoms with Crippen molar-refractivity contribution in [3.63, 3.8) is 0 Å². The van der Waals surface area contributed by atoms with Gasteiger partial charge in [-0.15, -0.1) is 0 Å². The van der Waals surface area contributed by atoms with E-state index in [0.29, 0.717) is 0 Å². The van der Waals surface area contributed by atoms with Gasteiger partial charge in [0.1, 0.15) is 0 Å². The summed E-state index contributed by atoms with van der Waals surface area (Å²) in [6.07, 6.45) is 7.97. The molecule has 0 unspecified atom stereocenters. The number of amides is 1. The summed E-state index contributed by atoms with van der Waals surface area (Å²) in [5, 5.41) is 0. The number of carbonyl (C=O) groups is 1. The SMILES string of the molecule is O=C(c1ccncc1)N1CCC(c2ccccc2)(N2CCCC2)CC1. The molecule has 0 spiro atoms. The molecule has 3 heterocycles. The highest BCUT2D eigenvalue weighted by Gasteiger charge is 2.42. The van der Waals surface area contributed by atoms with Crippen LogP contribution in [0, 0.1) is 0 Å². The van der Waals surface area contributed by atoms with E-state index in [-0.39, 0.29) is 11.4 Å². The Bertz CT molecular complexity index is 702. The van der Waals surface area contributed by atoms with Crippen LogP contribution in [0.2, 0.25) is 0 Å². The van der Waals surface area contributed by atoms with Crippen LogP contribution in [0.5, 0.6) is 0 Å². The van der Waals surface area contributed by atoms with Crippen molar-refractivity contribution in [1.82, 2.24) is 14.8 Å². The van der Waals surface area contributed by atoms with Crippen LogP contribution in [0.3, 0.4) is 0 Å². The number of piperidine rings is 1. The van der Waals surface area contributed by atoms with Gasteiger partial charge in [-0.25, -0.2) is 0 Å². The number of likely N-dealkylation sites (tertiary alicyclic amines) is 2. The lowest BCUT2D eigenvalue weighted by atomic mass is 9.79. The van der Waals surface area contributed by atoms with Crippen LogP contribution < -0.4 is 0 Å². The van der Waals surface area contributed by atoms with Crippen molar-refractivity contribution in [1.29, 1.82) is 0 Å². The molecule has 0 bridgehead atoms. The van der Waals surface area contributed by atoms with Gasteiger partial charge in [0.05, 0.1) is 0 Å². The first kappa shape index (κ1) is 16.3. The Morgan fingerprint density at radius 3 is 2.16 bits per heavy atom. The minimum Gasteiger partial charge on any atom is -0.338 e. The van der Waals surface area contributed by atoms with Gasteiger partial charge in [0, 0.05) is 36.6 Å². The molecule has 1 aromatic carbocycles. The van der Waals surface area contributed by atoms with Gasteiger partial charge in [-0.3, -0.25) is 14.7 Å². The zero-order chi connectivity index (χ0) is 17.1. The van der Waals surface area contributed by atoms with Crippen LogP contribution in [0.25, 0.3) is 0 Å². The second kappa shape index (κ2) is 6.96. The van der Waals surface area contributed by atoms with Gasteiger partial charge in [-0.05, 0) is 56.5 Å². The Hall–Kier alpha value is -2.20. The van der Waals surface area contributed by atoms with Gasteiger partial charge in [0.2, 0.25) is 0 Å². The Kier molecular flexibility index (Phi) is 4.53. The van der Waals surface area contributed by atoms with Crippen molar-refractivity contribution in [3.8, 4) is 0 Å². The maximum atomic E-state index is 12.8. The fourth-order valence-electron chi connectivity index (χ4n) is 4.44. The summed E-state index contributed by atoms with van der Waals surface area (Å²) in [5.74, 6) is 0.130. The van der Waals surface area contributed by atoms with E-state index >= 15 is 0 Å². The Labute approximate surface area is 149 Å². The topological polar surface area (TPSA) is 36.4 Å². The molecule has 4 heteroatoms. The fraction of sp³-hybridized carbons (Fsp3) is 0.429. The summed E-state index contributed by atoms with van der Waals surface area (Å²) in [6.45, 7) is 3.97. The first-order chi connectivity index (χ1) is 12.3. The summed E-state index contributed by atoms with van der Waals surface area (Å²) in [4.78, 5) is 21.4. The van der Waals surface area contributed by atoms with Gasteiger partial charge in [-0.2, -0.15) is 0 Å². The fourth-order valence-corrected chi connectivity index (χ4v) is 4.44. The second-order valence-corrected chi connectivity index (χ2v) is 7.12. The average molecular weight is 335 g/mol. The number of rotatable bonds is 3. The molecule has 25 heavy (non-hydrogen) atoms.